The summed E-state index contributed by atoms with van der Waals surface area (Å²) in [5, 5.41) is 18.5. The molecule has 8 nitrogen and oxygen atoms in total. The quantitative estimate of drug-likeness (QED) is 0.443. The highest BCUT2D eigenvalue weighted by Gasteiger charge is 2.60. The first-order chi connectivity index (χ1) is 16.4. The smallest absolute Gasteiger partial charge is 0.335 e. The Morgan fingerprint density at radius 2 is 1.63 bits per heavy atom. The van der Waals surface area contributed by atoms with Crippen LogP contribution < -0.4 is 5.48 Å². The van der Waals surface area contributed by atoms with Crippen LogP contribution in [0.3, 0.4) is 0 Å². The van der Waals surface area contributed by atoms with Gasteiger partial charge in [0.05, 0.1) is 17.9 Å². The van der Waals surface area contributed by atoms with Crippen molar-refractivity contribution < 1.29 is 34.2 Å². The van der Waals surface area contributed by atoms with Crippen molar-refractivity contribution in [1.29, 1.82) is 0 Å². The molecule has 1 aromatic rings. The summed E-state index contributed by atoms with van der Waals surface area (Å²) in [5.41, 5.74) is 3.54. The van der Waals surface area contributed by atoms with Crippen molar-refractivity contribution in [1.82, 2.24) is 5.48 Å². The van der Waals surface area contributed by atoms with Crippen molar-refractivity contribution in [2.45, 2.75) is 78.1 Å². The Morgan fingerprint density at radius 1 is 1.00 bits per heavy atom. The fraction of sp³-hybridized carbons (Fsp3) is 0.630. The number of aliphatic carboxylic acids is 1. The van der Waals surface area contributed by atoms with Gasteiger partial charge in [0, 0.05) is 6.42 Å². The molecule has 4 aliphatic rings. The van der Waals surface area contributed by atoms with Gasteiger partial charge < -0.3 is 15.1 Å². The van der Waals surface area contributed by atoms with Gasteiger partial charge in [0.15, 0.2) is 0 Å². The van der Waals surface area contributed by atoms with Crippen molar-refractivity contribution in [3.05, 3.63) is 35.4 Å². The van der Waals surface area contributed by atoms with Crippen LogP contribution in [0, 0.1) is 28.1 Å². The number of benzene rings is 1. The zero-order valence-corrected chi connectivity index (χ0v) is 20.5. The number of nitrogens with one attached hydrogen (secondary N) is 1. The summed E-state index contributed by atoms with van der Waals surface area (Å²) in [6.45, 7) is 4.69. The number of carboxylic acids is 2. The van der Waals surface area contributed by atoms with Gasteiger partial charge in [-0.25, -0.2) is 9.59 Å². The van der Waals surface area contributed by atoms with E-state index < -0.39 is 29.7 Å². The summed E-state index contributed by atoms with van der Waals surface area (Å²) >= 11 is 0. The number of carboxylic acid groups (broad SMARTS) is 2. The topological polar surface area (TPSA) is 130 Å². The Labute approximate surface area is 205 Å². The average molecular weight is 486 g/mol. The molecular weight excluding hydrogens is 450 g/mol. The van der Waals surface area contributed by atoms with Crippen LogP contribution in [0.1, 0.15) is 87.6 Å². The first-order valence-corrected chi connectivity index (χ1v) is 12.4. The molecule has 0 aliphatic heterocycles. The normalized spacial score (nSPS) is 31.5. The molecule has 8 heteroatoms. The molecule has 0 spiro atoms. The van der Waals surface area contributed by atoms with Gasteiger partial charge in [-0.1, -0.05) is 26.0 Å². The lowest BCUT2D eigenvalue weighted by Gasteiger charge is -2.65. The second kappa shape index (κ2) is 9.28. The van der Waals surface area contributed by atoms with Gasteiger partial charge in [-0.05, 0) is 91.2 Å². The maximum absolute atomic E-state index is 12.6. The van der Waals surface area contributed by atoms with E-state index >= 15 is 0 Å². The lowest BCUT2D eigenvalue weighted by molar-refractivity contribution is -0.176. The number of hydrogen-bond donors (Lipinski definition) is 3. The molecule has 3 atom stereocenters. The number of rotatable bonds is 9. The third-order valence-electron chi connectivity index (χ3n) is 8.29. The lowest BCUT2D eigenvalue weighted by Crippen LogP contribution is -2.55. The van der Waals surface area contributed by atoms with E-state index in [-0.39, 0.29) is 41.1 Å². The van der Waals surface area contributed by atoms with Crippen molar-refractivity contribution >= 4 is 23.8 Å². The Morgan fingerprint density at radius 3 is 2.17 bits per heavy atom. The van der Waals surface area contributed by atoms with Crippen LogP contribution in [0.2, 0.25) is 0 Å². The Kier molecular flexibility index (Phi) is 6.68. The standard InChI is InChI=1S/C27H35NO7/c1-25-10-18-11-26(2,14-25)16-27(12-18,15-25)13-22(30)35-28-21(29)8-7-20(24(33)34)9-17-3-5-19(6-4-17)23(31)32/h3-6,18,20H,7-16H2,1-2H3,(H,28,29)(H,31,32)(H,33,34). The van der Waals surface area contributed by atoms with E-state index in [0.717, 1.165) is 19.3 Å². The number of hydroxylamine groups is 1. The maximum Gasteiger partial charge on any atom is 0.335 e. The summed E-state index contributed by atoms with van der Waals surface area (Å²) < 4.78 is 0. The van der Waals surface area contributed by atoms with Crippen molar-refractivity contribution in [2.75, 3.05) is 0 Å². The van der Waals surface area contributed by atoms with Crippen LogP contribution >= 0.6 is 0 Å². The molecule has 190 valence electrons. The van der Waals surface area contributed by atoms with E-state index in [2.05, 4.69) is 19.3 Å². The molecule has 1 amide bonds. The van der Waals surface area contributed by atoms with Crippen LogP contribution in [0.25, 0.3) is 0 Å². The van der Waals surface area contributed by atoms with Gasteiger partial charge in [-0.15, -0.1) is 0 Å². The lowest BCUT2D eigenvalue weighted by atomic mass is 9.40. The van der Waals surface area contributed by atoms with Crippen LogP contribution in [-0.4, -0.2) is 34.0 Å². The summed E-state index contributed by atoms with van der Waals surface area (Å²) in [6.07, 6.45) is 7.26. The van der Waals surface area contributed by atoms with Crippen molar-refractivity contribution in [3.8, 4) is 0 Å². The molecule has 3 N–H and O–H groups in total. The van der Waals surface area contributed by atoms with Gasteiger partial charge in [0.25, 0.3) is 5.91 Å². The third-order valence-corrected chi connectivity index (χ3v) is 8.29. The minimum Gasteiger partial charge on any atom is -0.481 e. The Hall–Kier alpha value is -2.90. The minimum absolute atomic E-state index is 0.0463. The average Bonchev–Trinajstić information content (AvgIpc) is 2.72. The summed E-state index contributed by atoms with van der Waals surface area (Å²) in [7, 11) is 0. The molecule has 4 aliphatic carbocycles. The zero-order valence-electron chi connectivity index (χ0n) is 20.5. The van der Waals surface area contributed by atoms with Crippen LogP contribution in [0.4, 0.5) is 0 Å². The molecule has 5 rings (SSSR count). The molecule has 0 saturated heterocycles. The van der Waals surface area contributed by atoms with Gasteiger partial charge in [-0.3, -0.25) is 9.59 Å². The first kappa shape index (κ1) is 25.2. The molecular formula is C27H35NO7. The van der Waals surface area contributed by atoms with E-state index in [4.69, 9.17) is 9.94 Å². The highest BCUT2D eigenvalue weighted by atomic mass is 16.7. The molecule has 35 heavy (non-hydrogen) atoms. The number of hydrogen-bond acceptors (Lipinski definition) is 5. The van der Waals surface area contributed by atoms with E-state index in [1.54, 1.807) is 12.1 Å². The highest BCUT2D eigenvalue weighted by Crippen LogP contribution is 2.70. The molecule has 0 radical (unpaired) electrons. The first-order valence-electron chi connectivity index (χ1n) is 12.4. The zero-order chi connectivity index (χ0) is 25.4. The van der Waals surface area contributed by atoms with E-state index in [1.807, 2.05) is 0 Å². The van der Waals surface area contributed by atoms with Gasteiger partial charge >= 0.3 is 17.9 Å². The van der Waals surface area contributed by atoms with E-state index in [0.29, 0.717) is 17.9 Å². The molecule has 3 unspecified atom stereocenters. The molecule has 0 aromatic heterocycles. The van der Waals surface area contributed by atoms with Gasteiger partial charge in [0.1, 0.15) is 0 Å². The number of aromatic carboxylic acids is 1. The molecule has 4 fully saturated rings. The minimum atomic E-state index is -1.05. The fourth-order valence-electron chi connectivity index (χ4n) is 8.07. The number of amides is 1. The van der Waals surface area contributed by atoms with Gasteiger partial charge in [-0.2, -0.15) is 5.48 Å². The Balaban J connectivity index is 1.24. The highest BCUT2D eigenvalue weighted by molar-refractivity contribution is 5.87. The van der Waals surface area contributed by atoms with E-state index in [9.17, 15) is 24.3 Å². The van der Waals surface area contributed by atoms with Gasteiger partial charge in [0.2, 0.25) is 0 Å². The van der Waals surface area contributed by atoms with Crippen molar-refractivity contribution in [2.24, 2.45) is 28.1 Å². The Bertz CT molecular complexity index is 999. The van der Waals surface area contributed by atoms with Crippen LogP contribution in [0.15, 0.2) is 24.3 Å². The molecule has 1 aromatic carbocycles. The predicted molar refractivity (Wildman–Crippen MR) is 126 cm³/mol. The van der Waals surface area contributed by atoms with Crippen molar-refractivity contribution in [3.63, 3.8) is 0 Å². The molecule has 4 bridgehead atoms. The second-order valence-electron chi connectivity index (χ2n) is 12.1. The second-order valence-corrected chi connectivity index (χ2v) is 12.1. The SMILES string of the molecule is CC12CC3CC(C)(C1)CC(CC(=O)ONC(=O)CCC(Cc1ccc(C(=O)O)cc1)C(=O)O)(C3)C2. The molecule has 0 heterocycles. The monoisotopic (exact) mass is 485 g/mol. The summed E-state index contributed by atoms with van der Waals surface area (Å²) in [6, 6.07) is 6.00. The third kappa shape index (κ3) is 5.85. The fourth-order valence-corrected chi connectivity index (χ4v) is 8.07. The van der Waals surface area contributed by atoms with Crippen LogP contribution in [-0.2, 0) is 25.6 Å². The summed E-state index contributed by atoms with van der Waals surface area (Å²) in [4.78, 5) is 52.6. The van der Waals surface area contributed by atoms with E-state index in [1.165, 1.54) is 31.4 Å². The van der Waals surface area contributed by atoms with Crippen LogP contribution in [0.5, 0.6) is 0 Å². The molecule has 4 saturated carbocycles. The largest absolute Gasteiger partial charge is 0.481 e. The number of carbonyl (C=O) groups is 4. The summed E-state index contributed by atoms with van der Waals surface area (Å²) in [5.74, 6) is -3.21. The maximum atomic E-state index is 12.6. The predicted octanol–water partition coefficient (Wildman–Crippen LogP) is 4.37. The number of carbonyl (C=O) groups excluding carboxylic acids is 2.